The predicted molar refractivity (Wildman–Crippen MR) is 118 cm³/mol. The number of carbonyl (C=O) groups is 2. The summed E-state index contributed by atoms with van der Waals surface area (Å²) in [6, 6.07) is 8.05. The third-order valence-corrected chi connectivity index (χ3v) is 6.79. The molecule has 154 valence electrons. The van der Waals surface area contributed by atoms with E-state index in [0.717, 1.165) is 64.9 Å². The van der Waals surface area contributed by atoms with Crippen LogP contribution in [0.5, 0.6) is 0 Å². The molecule has 0 saturated carbocycles. The summed E-state index contributed by atoms with van der Waals surface area (Å²) >= 11 is 3.57. The molecule has 2 heterocycles. The molecule has 0 spiro atoms. The fraction of sp³-hybridized carbons (Fsp3) is 0.500. The van der Waals surface area contributed by atoms with Gasteiger partial charge in [0, 0.05) is 52.4 Å². The average Bonchev–Trinajstić information content (AvgIpc) is 2.66. The van der Waals surface area contributed by atoms with Gasteiger partial charge in [0.25, 0.3) is 5.91 Å². The zero-order valence-corrected chi connectivity index (χ0v) is 19.1. The number of nitrogens with zero attached hydrogens (tertiary/aromatic N) is 1. The molecule has 0 unspecified atom stereocenters. The number of nitrogens with one attached hydrogen (secondary N) is 1. The van der Waals surface area contributed by atoms with Gasteiger partial charge >= 0.3 is 0 Å². The molecule has 5 heteroatoms. The van der Waals surface area contributed by atoms with Gasteiger partial charge in [-0.25, -0.2) is 0 Å². The van der Waals surface area contributed by atoms with Gasteiger partial charge in [-0.05, 0) is 55.7 Å². The maximum atomic E-state index is 13.6. The Hall–Kier alpha value is -1.88. The van der Waals surface area contributed by atoms with Crippen molar-refractivity contribution in [2.75, 3.05) is 13.1 Å². The van der Waals surface area contributed by atoms with Crippen LogP contribution in [0.4, 0.5) is 0 Å². The summed E-state index contributed by atoms with van der Waals surface area (Å²) in [7, 11) is 0. The number of Topliss-reactive ketones (excluding diaryl/α,β-unsaturated/α-hetero) is 1. The quantitative estimate of drug-likeness (QED) is 0.675. The zero-order valence-electron chi connectivity index (χ0n) is 17.5. The van der Waals surface area contributed by atoms with Gasteiger partial charge in [-0.1, -0.05) is 41.9 Å². The maximum Gasteiger partial charge on any atom is 0.252 e. The molecule has 0 aromatic heterocycles. The second-order valence-corrected chi connectivity index (χ2v) is 10.3. The summed E-state index contributed by atoms with van der Waals surface area (Å²) in [5.41, 5.74) is 4.32. The van der Waals surface area contributed by atoms with Crippen molar-refractivity contribution in [3.63, 3.8) is 0 Å². The minimum atomic E-state index is -0.304. The number of rotatable bonds is 2. The molecule has 1 fully saturated rings. The third kappa shape index (κ3) is 3.94. The maximum absolute atomic E-state index is 13.6. The Kier molecular flexibility index (Phi) is 5.45. The predicted octanol–water partition coefficient (Wildman–Crippen LogP) is 5.07. The number of amides is 1. The van der Waals surface area contributed by atoms with E-state index < -0.39 is 0 Å². The number of hydrogen-bond acceptors (Lipinski definition) is 3. The SMILES string of the molecule is CC1=C(C(=O)N2CCCCC2)[C@@H](c2cccc(Br)c2)C2=C(CC(C)(C)CC2=O)N1. The molecule has 29 heavy (non-hydrogen) atoms. The summed E-state index contributed by atoms with van der Waals surface area (Å²) < 4.78 is 0.960. The monoisotopic (exact) mass is 456 g/mol. The van der Waals surface area contributed by atoms with Gasteiger partial charge in [0.05, 0.1) is 0 Å². The highest BCUT2D eigenvalue weighted by atomic mass is 79.9. The van der Waals surface area contributed by atoms with Crippen LogP contribution in [0.2, 0.25) is 0 Å². The number of piperidine rings is 1. The number of benzene rings is 1. The molecule has 4 rings (SSSR count). The minimum absolute atomic E-state index is 0.0700. The number of carbonyl (C=O) groups excluding carboxylic acids is 2. The van der Waals surface area contributed by atoms with Crippen LogP contribution in [0.3, 0.4) is 0 Å². The van der Waals surface area contributed by atoms with Crippen molar-refractivity contribution < 1.29 is 9.59 Å². The standard InChI is InChI=1S/C24H29BrN2O2/c1-15-20(23(29)27-10-5-4-6-11-27)21(16-8-7-9-17(25)12-16)22-18(26-15)13-24(2,3)14-19(22)28/h7-9,12,21,26H,4-6,10-11,13-14H2,1-3H3/t21-/m1/s1. The van der Waals surface area contributed by atoms with Gasteiger partial charge in [-0.3, -0.25) is 9.59 Å². The second kappa shape index (κ2) is 7.75. The first-order valence-electron chi connectivity index (χ1n) is 10.6. The molecule has 1 aromatic carbocycles. The van der Waals surface area contributed by atoms with Gasteiger partial charge < -0.3 is 10.2 Å². The van der Waals surface area contributed by atoms with E-state index in [1.54, 1.807) is 0 Å². The van der Waals surface area contributed by atoms with Crippen molar-refractivity contribution in [1.82, 2.24) is 10.2 Å². The van der Waals surface area contributed by atoms with Gasteiger partial charge in [-0.2, -0.15) is 0 Å². The first kappa shape index (κ1) is 20.4. The molecule has 1 aliphatic carbocycles. The van der Waals surface area contributed by atoms with Gasteiger partial charge in [-0.15, -0.1) is 0 Å². The Morgan fingerprint density at radius 3 is 2.59 bits per heavy atom. The molecule has 1 N–H and O–H groups in total. The van der Waals surface area contributed by atoms with Crippen LogP contribution < -0.4 is 5.32 Å². The van der Waals surface area contributed by atoms with Crippen LogP contribution in [-0.4, -0.2) is 29.7 Å². The van der Waals surface area contributed by atoms with Crippen molar-refractivity contribution in [3.8, 4) is 0 Å². The van der Waals surface area contributed by atoms with E-state index in [1.807, 2.05) is 36.1 Å². The first-order chi connectivity index (χ1) is 13.8. The van der Waals surface area contributed by atoms with E-state index in [9.17, 15) is 9.59 Å². The molecule has 4 nitrogen and oxygen atoms in total. The molecule has 1 atom stereocenters. The molecule has 1 amide bonds. The van der Waals surface area contributed by atoms with Crippen LogP contribution >= 0.6 is 15.9 Å². The van der Waals surface area contributed by atoms with Crippen LogP contribution in [0.25, 0.3) is 0 Å². The van der Waals surface area contributed by atoms with Crippen molar-refractivity contribution in [2.45, 2.75) is 58.8 Å². The summed E-state index contributed by atoms with van der Waals surface area (Å²) in [6.07, 6.45) is 4.61. The number of hydrogen-bond donors (Lipinski definition) is 1. The minimum Gasteiger partial charge on any atom is -0.362 e. The molecule has 2 aliphatic heterocycles. The van der Waals surface area contributed by atoms with Crippen molar-refractivity contribution in [2.24, 2.45) is 5.41 Å². The molecular weight excluding hydrogens is 428 g/mol. The largest absolute Gasteiger partial charge is 0.362 e. The molecule has 0 bridgehead atoms. The number of halogens is 1. The lowest BCUT2D eigenvalue weighted by atomic mass is 9.68. The van der Waals surface area contributed by atoms with E-state index >= 15 is 0 Å². The second-order valence-electron chi connectivity index (χ2n) is 9.34. The number of likely N-dealkylation sites (tertiary alicyclic amines) is 1. The van der Waals surface area contributed by atoms with E-state index in [1.165, 1.54) is 6.42 Å². The fourth-order valence-electron chi connectivity index (χ4n) is 5.01. The number of allylic oxidation sites excluding steroid dienone is 3. The number of ketones is 1. The zero-order chi connectivity index (χ0) is 20.8. The molecule has 1 saturated heterocycles. The Morgan fingerprint density at radius 2 is 1.90 bits per heavy atom. The van der Waals surface area contributed by atoms with Crippen LogP contribution in [0.15, 0.2) is 51.3 Å². The topological polar surface area (TPSA) is 49.4 Å². The Bertz CT molecular complexity index is 923. The third-order valence-electron chi connectivity index (χ3n) is 6.30. The first-order valence-corrected chi connectivity index (χ1v) is 11.3. The highest BCUT2D eigenvalue weighted by Gasteiger charge is 2.43. The average molecular weight is 457 g/mol. The highest BCUT2D eigenvalue weighted by Crippen LogP contribution is 2.47. The lowest BCUT2D eigenvalue weighted by Gasteiger charge is -2.41. The molecule has 3 aliphatic rings. The van der Waals surface area contributed by atoms with Crippen molar-refractivity contribution in [3.05, 3.63) is 56.8 Å². The van der Waals surface area contributed by atoms with Crippen molar-refractivity contribution >= 4 is 27.6 Å². The van der Waals surface area contributed by atoms with Crippen LogP contribution in [0, 0.1) is 5.41 Å². The van der Waals surface area contributed by atoms with E-state index in [-0.39, 0.29) is 23.0 Å². The van der Waals surface area contributed by atoms with Gasteiger partial charge in [0.2, 0.25) is 0 Å². The summed E-state index contributed by atoms with van der Waals surface area (Å²) in [5.74, 6) is -0.0733. The lowest BCUT2D eigenvalue weighted by Crippen LogP contribution is -2.43. The Labute approximate surface area is 181 Å². The fourth-order valence-corrected chi connectivity index (χ4v) is 5.42. The van der Waals surface area contributed by atoms with Crippen LogP contribution in [-0.2, 0) is 9.59 Å². The van der Waals surface area contributed by atoms with Gasteiger partial charge in [0.1, 0.15) is 0 Å². The van der Waals surface area contributed by atoms with E-state index in [0.29, 0.717) is 6.42 Å². The summed E-state index contributed by atoms with van der Waals surface area (Å²) in [6.45, 7) is 7.86. The van der Waals surface area contributed by atoms with Crippen LogP contribution in [0.1, 0.15) is 64.4 Å². The van der Waals surface area contributed by atoms with Gasteiger partial charge in [0.15, 0.2) is 5.78 Å². The normalized spacial score (nSPS) is 24.3. The summed E-state index contributed by atoms with van der Waals surface area (Å²) in [4.78, 5) is 28.9. The molecule has 0 radical (unpaired) electrons. The lowest BCUT2D eigenvalue weighted by molar-refractivity contribution is -0.128. The highest BCUT2D eigenvalue weighted by molar-refractivity contribution is 9.10. The van der Waals surface area contributed by atoms with Crippen molar-refractivity contribution in [1.29, 1.82) is 0 Å². The summed E-state index contributed by atoms with van der Waals surface area (Å²) in [5, 5.41) is 3.47. The molecule has 1 aromatic rings. The number of dihydropyridines is 1. The van der Waals surface area contributed by atoms with E-state index in [2.05, 4.69) is 35.1 Å². The molecular formula is C24H29BrN2O2. The Morgan fingerprint density at radius 1 is 1.17 bits per heavy atom. The Balaban J connectivity index is 1.83. The van der Waals surface area contributed by atoms with E-state index in [4.69, 9.17) is 0 Å². The smallest absolute Gasteiger partial charge is 0.252 e.